The molecule has 5 nitrogen and oxygen atoms in total. The minimum Gasteiger partial charge on any atom is -0.387 e. The summed E-state index contributed by atoms with van der Waals surface area (Å²) in [5, 5.41) is 23.3. The molecule has 2 fully saturated rings. The van der Waals surface area contributed by atoms with Crippen molar-refractivity contribution in [1.82, 2.24) is 10.2 Å². The highest BCUT2D eigenvalue weighted by Crippen LogP contribution is 2.24. The Morgan fingerprint density at radius 1 is 1.13 bits per heavy atom. The van der Waals surface area contributed by atoms with Crippen molar-refractivity contribution < 1.29 is 15.0 Å². The number of carbonyl (C=O) groups excluding carboxylic acids is 1. The molecular weight excluding hydrogens is 292 g/mol. The number of rotatable bonds is 6. The number of amides is 1. The van der Waals surface area contributed by atoms with Crippen molar-refractivity contribution in [2.45, 2.75) is 43.9 Å². The molecule has 0 radical (unpaired) electrons. The second-order valence-corrected chi connectivity index (χ2v) is 6.79. The molecule has 0 aromatic heterocycles. The Labute approximate surface area is 137 Å². The standard InChI is InChI=1S/C18H26N2O3/c21-16(13-4-2-1-3-5-13)12-20-10-8-14(9-11-20)17(22)18(23)19-15-6-7-15/h1-5,14-17,21-22H,6-12H2,(H,19,23)/t16-,17-/m0/s1. The lowest BCUT2D eigenvalue weighted by atomic mass is 9.90. The first-order valence-electron chi connectivity index (χ1n) is 8.57. The summed E-state index contributed by atoms with van der Waals surface area (Å²) in [6, 6.07) is 9.96. The van der Waals surface area contributed by atoms with Gasteiger partial charge in [-0.05, 0) is 50.3 Å². The summed E-state index contributed by atoms with van der Waals surface area (Å²) in [4.78, 5) is 14.1. The predicted octanol–water partition coefficient (Wildman–Crippen LogP) is 1.07. The molecule has 1 heterocycles. The first kappa shape index (κ1) is 16.4. The molecule has 3 rings (SSSR count). The van der Waals surface area contributed by atoms with Crippen LogP contribution in [0.2, 0.25) is 0 Å². The van der Waals surface area contributed by atoms with Gasteiger partial charge in [-0.15, -0.1) is 0 Å². The first-order chi connectivity index (χ1) is 11.1. The van der Waals surface area contributed by atoms with Crippen LogP contribution in [0.4, 0.5) is 0 Å². The average Bonchev–Trinajstić information content (AvgIpc) is 3.39. The lowest BCUT2D eigenvalue weighted by Crippen LogP contribution is -2.45. The fourth-order valence-corrected chi connectivity index (χ4v) is 3.20. The van der Waals surface area contributed by atoms with Crippen molar-refractivity contribution in [3.8, 4) is 0 Å². The molecule has 126 valence electrons. The van der Waals surface area contributed by atoms with Crippen molar-refractivity contribution >= 4 is 5.91 Å². The van der Waals surface area contributed by atoms with E-state index < -0.39 is 12.2 Å². The fraction of sp³-hybridized carbons (Fsp3) is 0.611. The van der Waals surface area contributed by atoms with E-state index in [1.165, 1.54) is 0 Å². The third kappa shape index (κ3) is 4.53. The zero-order valence-corrected chi connectivity index (χ0v) is 13.4. The van der Waals surface area contributed by atoms with Crippen LogP contribution in [0.5, 0.6) is 0 Å². The van der Waals surface area contributed by atoms with Gasteiger partial charge in [-0.25, -0.2) is 0 Å². The van der Waals surface area contributed by atoms with Gasteiger partial charge in [0.15, 0.2) is 0 Å². The Hall–Kier alpha value is -1.43. The van der Waals surface area contributed by atoms with Crippen LogP contribution >= 0.6 is 0 Å². The molecule has 5 heteroatoms. The second kappa shape index (κ2) is 7.43. The maximum Gasteiger partial charge on any atom is 0.249 e. The van der Waals surface area contributed by atoms with E-state index in [1.54, 1.807) is 0 Å². The molecular formula is C18H26N2O3. The number of β-amino-alcohol motifs (C(OH)–C–C–N with tert-alkyl or cyclic N) is 1. The highest BCUT2D eigenvalue weighted by molar-refractivity contribution is 5.81. The molecule has 0 bridgehead atoms. The second-order valence-electron chi connectivity index (χ2n) is 6.79. The first-order valence-corrected chi connectivity index (χ1v) is 8.57. The van der Waals surface area contributed by atoms with Crippen molar-refractivity contribution in [2.24, 2.45) is 5.92 Å². The number of aliphatic hydroxyl groups is 2. The number of aliphatic hydroxyl groups excluding tert-OH is 2. The van der Waals surface area contributed by atoms with Gasteiger partial charge in [0.25, 0.3) is 0 Å². The molecule has 2 atom stereocenters. The van der Waals surface area contributed by atoms with E-state index in [2.05, 4.69) is 10.2 Å². The number of benzene rings is 1. The normalized spacial score (nSPS) is 22.5. The average molecular weight is 318 g/mol. The minimum atomic E-state index is -0.892. The van der Waals surface area contributed by atoms with Crippen LogP contribution in [0.1, 0.15) is 37.4 Å². The molecule has 1 aromatic rings. The third-order valence-corrected chi connectivity index (χ3v) is 4.89. The van der Waals surface area contributed by atoms with Gasteiger partial charge in [-0.3, -0.25) is 4.79 Å². The van der Waals surface area contributed by atoms with E-state index in [0.717, 1.165) is 44.3 Å². The Morgan fingerprint density at radius 3 is 2.39 bits per heavy atom. The van der Waals surface area contributed by atoms with Gasteiger partial charge in [0.05, 0.1) is 6.10 Å². The number of hydrogen-bond donors (Lipinski definition) is 3. The quantitative estimate of drug-likeness (QED) is 0.734. The summed E-state index contributed by atoms with van der Waals surface area (Å²) < 4.78 is 0. The molecule has 1 saturated carbocycles. The summed E-state index contributed by atoms with van der Waals surface area (Å²) in [6.45, 7) is 2.21. The summed E-state index contributed by atoms with van der Waals surface area (Å²) in [5.41, 5.74) is 0.929. The molecule has 1 aliphatic carbocycles. The van der Waals surface area contributed by atoms with E-state index in [9.17, 15) is 15.0 Å². The number of carbonyl (C=O) groups is 1. The molecule has 3 N–H and O–H groups in total. The maximum atomic E-state index is 11.9. The van der Waals surface area contributed by atoms with Gasteiger partial charge < -0.3 is 20.4 Å². The van der Waals surface area contributed by atoms with Gasteiger partial charge in [0, 0.05) is 12.6 Å². The predicted molar refractivity (Wildman–Crippen MR) is 87.7 cm³/mol. The smallest absolute Gasteiger partial charge is 0.249 e. The van der Waals surface area contributed by atoms with Gasteiger partial charge in [-0.1, -0.05) is 30.3 Å². The van der Waals surface area contributed by atoms with E-state index >= 15 is 0 Å². The van der Waals surface area contributed by atoms with E-state index in [1.807, 2.05) is 30.3 Å². The Bertz CT molecular complexity index is 510. The number of likely N-dealkylation sites (tertiary alicyclic amines) is 1. The van der Waals surface area contributed by atoms with E-state index in [-0.39, 0.29) is 11.8 Å². The lowest BCUT2D eigenvalue weighted by Gasteiger charge is -2.34. The summed E-state index contributed by atoms with van der Waals surface area (Å²) in [5.74, 6) is -0.186. The molecule has 2 aliphatic rings. The number of nitrogens with zero attached hydrogens (tertiary/aromatic N) is 1. The summed E-state index contributed by atoms with van der Waals surface area (Å²) in [7, 11) is 0. The fourth-order valence-electron chi connectivity index (χ4n) is 3.20. The highest BCUT2D eigenvalue weighted by Gasteiger charge is 2.33. The summed E-state index contributed by atoms with van der Waals surface area (Å²) >= 11 is 0. The highest BCUT2D eigenvalue weighted by atomic mass is 16.3. The van der Waals surface area contributed by atoms with Crippen LogP contribution < -0.4 is 5.32 Å². The number of piperidine rings is 1. The number of nitrogens with one attached hydrogen (secondary N) is 1. The topological polar surface area (TPSA) is 72.8 Å². The van der Waals surface area contributed by atoms with E-state index in [4.69, 9.17) is 0 Å². The maximum absolute atomic E-state index is 11.9. The summed E-state index contributed by atoms with van der Waals surface area (Å²) in [6.07, 6.45) is 2.28. The molecule has 23 heavy (non-hydrogen) atoms. The zero-order valence-electron chi connectivity index (χ0n) is 13.4. The molecule has 1 aliphatic heterocycles. The van der Waals surface area contributed by atoms with Crippen LogP contribution in [-0.4, -0.2) is 52.8 Å². The van der Waals surface area contributed by atoms with Crippen LogP contribution in [-0.2, 0) is 4.79 Å². The van der Waals surface area contributed by atoms with Crippen molar-refractivity contribution in [3.63, 3.8) is 0 Å². The van der Waals surface area contributed by atoms with Crippen molar-refractivity contribution in [3.05, 3.63) is 35.9 Å². The van der Waals surface area contributed by atoms with Gasteiger partial charge in [-0.2, -0.15) is 0 Å². The Kier molecular flexibility index (Phi) is 5.30. The molecule has 1 amide bonds. The van der Waals surface area contributed by atoms with Crippen LogP contribution in [0.15, 0.2) is 30.3 Å². The van der Waals surface area contributed by atoms with Crippen molar-refractivity contribution in [1.29, 1.82) is 0 Å². The Morgan fingerprint density at radius 2 is 1.78 bits per heavy atom. The monoisotopic (exact) mass is 318 g/mol. The van der Waals surface area contributed by atoms with Gasteiger partial charge in [0.1, 0.15) is 6.10 Å². The van der Waals surface area contributed by atoms with Crippen LogP contribution in [0.25, 0.3) is 0 Å². The minimum absolute atomic E-state index is 0.0267. The largest absolute Gasteiger partial charge is 0.387 e. The van der Waals surface area contributed by atoms with Gasteiger partial charge >= 0.3 is 0 Å². The third-order valence-electron chi connectivity index (χ3n) is 4.89. The zero-order chi connectivity index (χ0) is 16.2. The van der Waals surface area contributed by atoms with Crippen molar-refractivity contribution in [2.75, 3.05) is 19.6 Å². The molecule has 1 saturated heterocycles. The molecule has 1 aromatic carbocycles. The van der Waals surface area contributed by atoms with Crippen LogP contribution in [0, 0.1) is 5.92 Å². The van der Waals surface area contributed by atoms with E-state index in [0.29, 0.717) is 12.6 Å². The molecule has 0 unspecified atom stereocenters. The van der Waals surface area contributed by atoms with Gasteiger partial charge in [0.2, 0.25) is 5.91 Å². The Balaban J connectivity index is 1.43. The molecule has 0 spiro atoms. The number of hydrogen-bond acceptors (Lipinski definition) is 4. The SMILES string of the molecule is O=C(NC1CC1)[C@@H](O)C1CCN(C[C@H](O)c2ccccc2)CC1. The van der Waals surface area contributed by atoms with Crippen LogP contribution in [0.3, 0.4) is 0 Å². The lowest BCUT2D eigenvalue weighted by molar-refractivity contribution is -0.133.